The van der Waals surface area contributed by atoms with Gasteiger partial charge in [0.25, 0.3) is 0 Å². The van der Waals surface area contributed by atoms with E-state index in [1.165, 1.54) is 7.11 Å². The lowest BCUT2D eigenvalue weighted by atomic mass is 10.1. The van der Waals surface area contributed by atoms with E-state index in [0.29, 0.717) is 23.6 Å². The number of nitrogens with zero attached hydrogens (tertiary/aromatic N) is 1. The van der Waals surface area contributed by atoms with Gasteiger partial charge in [-0.05, 0) is 36.8 Å². The van der Waals surface area contributed by atoms with Crippen LogP contribution in [0.3, 0.4) is 0 Å². The van der Waals surface area contributed by atoms with Crippen LogP contribution in [0.15, 0.2) is 36.5 Å². The van der Waals surface area contributed by atoms with E-state index in [0.717, 1.165) is 11.3 Å². The Hall–Kier alpha value is -2.80. The predicted molar refractivity (Wildman–Crippen MR) is 93.7 cm³/mol. The highest BCUT2D eigenvalue weighted by Crippen LogP contribution is 2.28. The van der Waals surface area contributed by atoms with Crippen LogP contribution in [-0.2, 0) is 6.54 Å². The van der Waals surface area contributed by atoms with E-state index in [9.17, 15) is 9.90 Å². The van der Waals surface area contributed by atoms with Crippen molar-refractivity contribution in [2.45, 2.75) is 19.6 Å². The predicted octanol–water partition coefficient (Wildman–Crippen LogP) is 1.94. The standard InChI is InChI=1S/C18H23N3O4/c1-12-4-5-13(9-19-12)10-20-18(23)21-11-16(22)15-8-14(24-2)6-7-17(15)25-3/h4-9,16,22H,10-11H2,1-3H3,(H2,20,21,23). The van der Waals surface area contributed by atoms with E-state index < -0.39 is 6.10 Å². The first kappa shape index (κ1) is 18.5. The van der Waals surface area contributed by atoms with Crippen LogP contribution in [0, 0.1) is 6.92 Å². The second kappa shape index (κ2) is 8.89. The molecule has 2 rings (SSSR count). The average Bonchev–Trinajstić information content (AvgIpc) is 2.65. The number of hydrogen-bond acceptors (Lipinski definition) is 5. The van der Waals surface area contributed by atoms with Gasteiger partial charge in [-0.1, -0.05) is 6.07 Å². The number of aliphatic hydroxyl groups is 1. The number of methoxy groups -OCH3 is 2. The normalized spacial score (nSPS) is 11.5. The Morgan fingerprint density at radius 3 is 2.64 bits per heavy atom. The summed E-state index contributed by atoms with van der Waals surface area (Å²) in [6, 6.07) is 8.54. The highest BCUT2D eigenvalue weighted by Gasteiger charge is 2.15. The number of carbonyl (C=O) groups excluding carboxylic acids is 1. The molecule has 1 aromatic carbocycles. The Balaban J connectivity index is 1.87. The van der Waals surface area contributed by atoms with Crippen LogP contribution >= 0.6 is 0 Å². The fourth-order valence-corrected chi connectivity index (χ4v) is 2.25. The molecular weight excluding hydrogens is 322 g/mol. The number of pyridine rings is 1. The molecule has 25 heavy (non-hydrogen) atoms. The number of carbonyl (C=O) groups is 1. The summed E-state index contributed by atoms with van der Waals surface area (Å²) in [4.78, 5) is 16.1. The van der Waals surface area contributed by atoms with Crippen molar-refractivity contribution in [2.24, 2.45) is 0 Å². The number of amides is 2. The van der Waals surface area contributed by atoms with Gasteiger partial charge in [0, 0.05) is 30.5 Å². The van der Waals surface area contributed by atoms with Gasteiger partial charge in [0.2, 0.25) is 0 Å². The minimum atomic E-state index is -0.920. The summed E-state index contributed by atoms with van der Waals surface area (Å²) in [6.07, 6.45) is 0.794. The van der Waals surface area contributed by atoms with Gasteiger partial charge in [0.1, 0.15) is 17.6 Å². The van der Waals surface area contributed by atoms with Gasteiger partial charge < -0.3 is 25.2 Å². The summed E-state index contributed by atoms with van der Waals surface area (Å²) in [5.74, 6) is 1.13. The first-order valence-electron chi connectivity index (χ1n) is 7.86. The summed E-state index contributed by atoms with van der Waals surface area (Å²) in [5, 5.41) is 15.7. The smallest absolute Gasteiger partial charge is 0.315 e. The molecule has 1 atom stereocenters. The lowest BCUT2D eigenvalue weighted by molar-refractivity contribution is 0.169. The van der Waals surface area contributed by atoms with Crippen molar-refractivity contribution in [3.63, 3.8) is 0 Å². The maximum atomic E-state index is 11.9. The van der Waals surface area contributed by atoms with Crippen LogP contribution in [0.4, 0.5) is 4.79 Å². The van der Waals surface area contributed by atoms with Gasteiger partial charge in [-0.25, -0.2) is 4.79 Å². The van der Waals surface area contributed by atoms with Gasteiger partial charge in [0.15, 0.2) is 0 Å². The topological polar surface area (TPSA) is 92.7 Å². The molecule has 1 aromatic heterocycles. The lowest BCUT2D eigenvalue weighted by Gasteiger charge is -2.17. The molecule has 7 nitrogen and oxygen atoms in total. The van der Waals surface area contributed by atoms with Gasteiger partial charge in [-0.3, -0.25) is 4.98 Å². The minimum Gasteiger partial charge on any atom is -0.497 e. The van der Waals surface area contributed by atoms with Crippen LogP contribution < -0.4 is 20.1 Å². The number of aromatic nitrogens is 1. The van der Waals surface area contributed by atoms with E-state index in [1.54, 1.807) is 31.5 Å². The molecule has 0 spiro atoms. The maximum absolute atomic E-state index is 11.9. The Labute approximate surface area is 147 Å². The highest BCUT2D eigenvalue weighted by atomic mass is 16.5. The number of rotatable bonds is 7. The molecule has 0 saturated carbocycles. The molecule has 0 aliphatic rings. The Bertz CT molecular complexity index is 704. The molecule has 1 unspecified atom stereocenters. The summed E-state index contributed by atoms with van der Waals surface area (Å²) < 4.78 is 10.4. The molecule has 0 fully saturated rings. The fraction of sp³-hybridized carbons (Fsp3) is 0.333. The van der Waals surface area contributed by atoms with E-state index in [-0.39, 0.29) is 12.6 Å². The van der Waals surface area contributed by atoms with Crippen molar-refractivity contribution >= 4 is 6.03 Å². The third kappa shape index (κ3) is 5.36. The zero-order valence-electron chi connectivity index (χ0n) is 14.6. The van der Waals surface area contributed by atoms with Crippen molar-refractivity contribution in [2.75, 3.05) is 20.8 Å². The van der Waals surface area contributed by atoms with E-state index in [2.05, 4.69) is 15.6 Å². The van der Waals surface area contributed by atoms with E-state index in [1.807, 2.05) is 19.1 Å². The summed E-state index contributed by atoms with van der Waals surface area (Å²) in [6.45, 7) is 2.30. The lowest BCUT2D eigenvalue weighted by Crippen LogP contribution is -2.37. The number of hydrogen-bond donors (Lipinski definition) is 3. The quantitative estimate of drug-likeness (QED) is 0.713. The van der Waals surface area contributed by atoms with Crippen LogP contribution in [0.2, 0.25) is 0 Å². The van der Waals surface area contributed by atoms with Crippen molar-refractivity contribution in [1.82, 2.24) is 15.6 Å². The number of aryl methyl sites for hydroxylation is 1. The number of aliphatic hydroxyl groups excluding tert-OH is 1. The monoisotopic (exact) mass is 345 g/mol. The molecule has 2 aromatic rings. The van der Waals surface area contributed by atoms with Gasteiger partial charge >= 0.3 is 6.03 Å². The van der Waals surface area contributed by atoms with Crippen LogP contribution in [0.1, 0.15) is 22.9 Å². The molecule has 0 radical (unpaired) electrons. The van der Waals surface area contributed by atoms with E-state index in [4.69, 9.17) is 9.47 Å². The van der Waals surface area contributed by atoms with Crippen molar-refractivity contribution in [3.8, 4) is 11.5 Å². The number of nitrogens with one attached hydrogen (secondary N) is 2. The number of ether oxygens (including phenoxy) is 2. The molecule has 0 aliphatic carbocycles. The SMILES string of the molecule is COc1ccc(OC)c(C(O)CNC(=O)NCc2ccc(C)nc2)c1. The van der Waals surface area contributed by atoms with Crippen molar-refractivity contribution in [3.05, 3.63) is 53.3 Å². The first-order chi connectivity index (χ1) is 12.0. The molecule has 134 valence electrons. The van der Waals surface area contributed by atoms with Crippen molar-refractivity contribution in [1.29, 1.82) is 0 Å². The molecule has 7 heteroatoms. The molecule has 2 amide bonds. The van der Waals surface area contributed by atoms with Crippen LogP contribution in [-0.4, -0.2) is 36.9 Å². The summed E-state index contributed by atoms with van der Waals surface area (Å²) in [5.41, 5.74) is 2.37. The summed E-state index contributed by atoms with van der Waals surface area (Å²) in [7, 11) is 3.07. The second-order valence-electron chi connectivity index (χ2n) is 5.50. The zero-order chi connectivity index (χ0) is 18.2. The van der Waals surface area contributed by atoms with Gasteiger partial charge in [-0.15, -0.1) is 0 Å². The fourth-order valence-electron chi connectivity index (χ4n) is 2.25. The van der Waals surface area contributed by atoms with Gasteiger partial charge in [-0.2, -0.15) is 0 Å². The van der Waals surface area contributed by atoms with E-state index >= 15 is 0 Å². The van der Waals surface area contributed by atoms with Crippen molar-refractivity contribution < 1.29 is 19.4 Å². The molecule has 1 heterocycles. The second-order valence-corrected chi connectivity index (χ2v) is 5.50. The third-order valence-electron chi connectivity index (χ3n) is 3.68. The number of benzene rings is 1. The zero-order valence-corrected chi connectivity index (χ0v) is 14.6. The summed E-state index contributed by atoms with van der Waals surface area (Å²) >= 11 is 0. The molecule has 0 aliphatic heterocycles. The van der Waals surface area contributed by atoms with Gasteiger partial charge in [0.05, 0.1) is 14.2 Å². The third-order valence-corrected chi connectivity index (χ3v) is 3.68. The molecule has 0 bridgehead atoms. The Kier molecular flexibility index (Phi) is 6.59. The number of urea groups is 1. The largest absolute Gasteiger partial charge is 0.497 e. The van der Waals surface area contributed by atoms with Crippen LogP contribution in [0.25, 0.3) is 0 Å². The highest BCUT2D eigenvalue weighted by molar-refractivity contribution is 5.73. The first-order valence-corrected chi connectivity index (χ1v) is 7.86. The maximum Gasteiger partial charge on any atom is 0.315 e. The minimum absolute atomic E-state index is 0.0432. The molecular formula is C18H23N3O4. The molecule has 0 saturated heterocycles. The Morgan fingerprint density at radius 2 is 2.00 bits per heavy atom. The molecule has 3 N–H and O–H groups in total. The van der Waals surface area contributed by atoms with Crippen LogP contribution in [0.5, 0.6) is 11.5 Å². The Morgan fingerprint density at radius 1 is 1.20 bits per heavy atom. The average molecular weight is 345 g/mol.